The lowest BCUT2D eigenvalue weighted by Gasteiger charge is -2.23. The van der Waals surface area contributed by atoms with Gasteiger partial charge in [0, 0.05) is 0 Å². The van der Waals surface area contributed by atoms with E-state index < -0.39 is 0 Å². The molecule has 0 spiro atoms. The van der Waals surface area contributed by atoms with E-state index in [9.17, 15) is 0 Å². The molecule has 0 nitrogen and oxygen atoms in total. The fourth-order valence-electron chi connectivity index (χ4n) is 2.28. The Morgan fingerprint density at radius 3 is 2.64 bits per heavy atom. The van der Waals surface area contributed by atoms with Gasteiger partial charge in [-0.15, -0.1) is 0 Å². The summed E-state index contributed by atoms with van der Waals surface area (Å²) in [7, 11) is 0. The van der Waals surface area contributed by atoms with Crippen LogP contribution in [0, 0.1) is 0 Å². The molecule has 0 aliphatic heterocycles. The minimum Gasteiger partial charge on any atom is -0.0683 e. The van der Waals surface area contributed by atoms with Gasteiger partial charge < -0.3 is 0 Å². The summed E-state index contributed by atoms with van der Waals surface area (Å²) in [5.41, 5.74) is 3.21. The van der Waals surface area contributed by atoms with Crippen molar-refractivity contribution in [2.24, 2.45) is 0 Å². The highest BCUT2D eigenvalue weighted by Crippen LogP contribution is 2.33. The average molecular weight is 190 g/mol. The molecule has 1 aromatic carbocycles. The van der Waals surface area contributed by atoms with Crippen molar-refractivity contribution in [3.8, 4) is 0 Å². The Morgan fingerprint density at radius 1 is 1.21 bits per heavy atom. The molecule has 1 aliphatic rings. The van der Waals surface area contributed by atoms with E-state index in [-0.39, 0.29) is 0 Å². The summed E-state index contributed by atoms with van der Waals surface area (Å²) in [6.45, 7) is 6.30. The van der Waals surface area contributed by atoms with Crippen molar-refractivity contribution in [3.05, 3.63) is 35.4 Å². The lowest BCUT2D eigenvalue weighted by Crippen LogP contribution is -2.08. The predicted octanol–water partition coefficient (Wildman–Crippen LogP) is 4.54. The molecule has 0 saturated carbocycles. The second-order valence-corrected chi connectivity index (χ2v) is 3.70. The van der Waals surface area contributed by atoms with Crippen molar-refractivity contribution in [1.29, 1.82) is 0 Å². The lowest BCUT2D eigenvalue weighted by molar-refractivity contribution is 0.540. The summed E-state index contributed by atoms with van der Waals surface area (Å²) in [6.07, 6.45) is 5.38. The van der Waals surface area contributed by atoms with E-state index in [0.717, 1.165) is 5.92 Å². The first kappa shape index (κ1) is 11.3. The number of hydrogen-bond acceptors (Lipinski definition) is 0. The summed E-state index contributed by atoms with van der Waals surface area (Å²) in [5, 5.41) is 0. The van der Waals surface area contributed by atoms with Crippen molar-refractivity contribution in [1.82, 2.24) is 0 Å². The molecule has 0 radical (unpaired) electrons. The van der Waals surface area contributed by atoms with E-state index >= 15 is 0 Å². The van der Waals surface area contributed by atoms with Crippen LogP contribution in [-0.4, -0.2) is 0 Å². The van der Waals surface area contributed by atoms with E-state index in [1.54, 1.807) is 11.1 Å². The molecule has 1 aliphatic carbocycles. The molecule has 1 atom stereocenters. The van der Waals surface area contributed by atoms with Crippen LogP contribution in [0.5, 0.6) is 0 Å². The fraction of sp³-hybridized carbons (Fsp3) is 0.571. The summed E-state index contributed by atoms with van der Waals surface area (Å²) in [4.78, 5) is 0. The highest BCUT2D eigenvalue weighted by Gasteiger charge is 2.17. The van der Waals surface area contributed by atoms with Gasteiger partial charge in [0.25, 0.3) is 0 Å². The molecule has 14 heavy (non-hydrogen) atoms. The Bertz CT molecular complexity index is 262. The number of rotatable bonds is 1. The van der Waals surface area contributed by atoms with E-state index in [0.29, 0.717) is 0 Å². The number of aryl methyl sites for hydroxylation is 1. The van der Waals surface area contributed by atoms with Crippen LogP contribution < -0.4 is 0 Å². The van der Waals surface area contributed by atoms with Crippen LogP contribution in [0.25, 0.3) is 0 Å². The van der Waals surface area contributed by atoms with Gasteiger partial charge in [-0.3, -0.25) is 0 Å². The number of fused-ring (bicyclic) bond motifs is 1. The molecule has 0 fully saturated rings. The molecule has 1 unspecified atom stereocenters. The molecule has 2 rings (SSSR count). The smallest absolute Gasteiger partial charge is 0.0162 e. The van der Waals surface area contributed by atoms with Crippen molar-refractivity contribution < 1.29 is 0 Å². The standard InChI is InChI=1S/C12H16.C2H6/c1-2-10-7-5-8-11-6-3-4-9-12(10)11;1-2/h3-4,6,9-10H,2,5,7-8H2,1H3;1-2H3. The third-order valence-electron chi connectivity index (χ3n) is 2.99. The second-order valence-electron chi connectivity index (χ2n) is 3.70. The van der Waals surface area contributed by atoms with Gasteiger partial charge in [-0.2, -0.15) is 0 Å². The molecule has 0 saturated heterocycles. The monoisotopic (exact) mass is 190 g/mol. The van der Waals surface area contributed by atoms with E-state index in [1.165, 1.54) is 25.7 Å². The van der Waals surface area contributed by atoms with Crippen LogP contribution in [0.1, 0.15) is 57.1 Å². The zero-order valence-corrected chi connectivity index (χ0v) is 9.72. The van der Waals surface area contributed by atoms with Crippen LogP contribution in [0.15, 0.2) is 24.3 Å². The first-order valence-electron chi connectivity index (χ1n) is 5.99. The van der Waals surface area contributed by atoms with Crippen LogP contribution in [0.4, 0.5) is 0 Å². The predicted molar refractivity (Wildman–Crippen MR) is 63.8 cm³/mol. The lowest BCUT2D eigenvalue weighted by atomic mass is 9.81. The molecule has 0 heteroatoms. The van der Waals surface area contributed by atoms with Gasteiger partial charge in [0.2, 0.25) is 0 Å². The number of benzene rings is 1. The van der Waals surface area contributed by atoms with Gasteiger partial charge in [0.15, 0.2) is 0 Å². The maximum atomic E-state index is 2.31. The molecule has 0 bridgehead atoms. The molecule has 0 aromatic heterocycles. The quantitative estimate of drug-likeness (QED) is 0.609. The summed E-state index contributed by atoms with van der Waals surface area (Å²) >= 11 is 0. The van der Waals surface area contributed by atoms with Crippen LogP contribution in [-0.2, 0) is 6.42 Å². The van der Waals surface area contributed by atoms with Gasteiger partial charge in [0.05, 0.1) is 0 Å². The molecule has 1 aromatic rings. The van der Waals surface area contributed by atoms with E-state index in [1.807, 2.05) is 13.8 Å². The summed E-state index contributed by atoms with van der Waals surface area (Å²) in [5.74, 6) is 0.843. The minimum absolute atomic E-state index is 0.843. The third-order valence-corrected chi connectivity index (χ3v) is 2.99. The Balaban J connectivity index is 0.000000461. The first-order chi connectivity index (χ1) is 6.92. The molecular weight excluding hydrogens is 168 g/mol. The molecule has 0 N–H and O–H groups in total. The number of hydrogen-bond donors (Lipinski definition) is 0. The normalized spacial score (nSPS) is 19.2. The molecule has 0 amide bonds. The van der Waals surface area contributed by atoms with Gasteiger partial charge in [0.1, 0.15) is 0 Å². The largest absolute Gasteiger partial charge is 0.0683 e. The topological polar surface area (TPSA) is 0 Å². The highest BCUT2D eigenvalue weighted by atomic mass is 14.2. The highest BCUT2D eigenvalue weighted by molar-refractivity contribution is 5.32. The van der Waals surface area contributed by atoms with Gasteiger partial charge in [-0.05, 0) is 42.7 Å². The van der Waals surface area contributed by atoms with Crippen molar-refractivity contribution in [2.45, 2.75) is 52.4 Å². The Kier molecular flexibility index (Phi) is 4.72. The fourth-order valence-corrected chi connectivity index (χ4v) is 2.28. The Labute approximate surface area is 88.4 Å². The molecule has 0 heterocycles. The third kappa shape index (κ3) is 2.37. The Morgan fingerprint density at radius 2 is 1.93 bits per heavy atom. The maximum absolute atomic E-state index is 2.31. The zero-order chi connectivity index (χ0) is 10.4. The molecule has 78 valence electrons. The zero-order valence-electron chi connectivity index (χ0n) is 9.72. The molecular formula is C14H22. The van der Waals surface area contributed by atoms with Crippen LogP contribution in [0.3, 0.4) is 0 Å². The van der Waals surface area contributed by atoms with Crippen LogP contribution >= 0.6 is 0 Å². The van der Waals surface area contributed by atoms with Crippen molar-refractivity contribution in [3.63, 3.8) is 0 Å². The second kappa shape index (κ2) is 5.85. The maximum Gasteiger partial charge on any atom is -0.0162 e. The summed E-state index contributed by atoms with van der Waals surface area (Å²) in [6, 6.07) is 8.93. The average Bonchev–Trinajstić information content (AvgIpc) is 2.31. The van der Waals surface area contributed by atoms with Crippen LogP contribution in [0.2, 0.25) is 0 Å². The van der Waals surface area contributed by atoms with Gasteiger partial charge >= 0.3 is 0 Å². The van der Waals surface area contributed by atoms with Crippen molar-refractivity contribution >= 4 is 0 Å². The minimum atomic E-state index is 0.843. The van der Waals surface area contributed by atoms with Gasteiger partial charge in [-0.1, -0.05) is 45.0 Å². The Hall–Kier alpha value is -0.780. The summed E-state index contributed by atoms with van der Waals surface area (Å²) < 4.78 is 0. The SMILES string of the molecule is CC.CCC1CCCc2ccccc21. The van der Waals surface area contributed by atoms with E-state index in [2.05, 4.69) is 31.2 Å². The van der Waals surface area contributed by atoms with Crippen molar-refractivity contribution in [2.75, 3.05) is 0 Å². The van der Waals surface area contributed by atoms with E-state index in [4.69, 9.17) is 0 Å². The van der Waals surface area contributed by atoms with Gasteiger partial charge in [-0.25, -0.2) is 0 Å². The first-order valence-corrected chi connectivity index (χ1v) is 5.99.